The molecule has 5 N–H and O–H groups in total. The number of hydrogen-bond donors (Lipinski definition) is 4. The second-order valence-electron chi connectivity index (χ2n) is 4.79. The van der Waals surface area contributed by atoms with E-state index in [0.717, 1.165) is 25.7 Å². The number of carbonyl (C=O) groups excluding carboxylic acids is 1. The lowest BCUT2D eigenvalue weighted by Gasteiger charge is -2.29. The molecule has 1 aromatic heterocycles. The summed E-state index contributed by atoms with van der Waals surface area (Å²) >= 11 is 0. The fourth-order valence-electron chi connectivity index (χ4n) is 2.82. The maximum atomic E-state index is 11.8. The van der Waals surface area contributed by atoms with Gasteiger partial charge in [0.1, 0.15) is 6.61 Å². The molecule has 2 unspecified atom stereocenters. The number of hydrogen-bond acceptors (Lipinski definition) is 6. The number of aromatic nitrogens is 1. The maximum Gasteiger partial charge on any atom is 0.237 e. The minimum atomic E-state index is -0.316. The molecule has 1 heterocycles. The molecule has 0 aromatic carbocycles. The van der Waals surface area contributed by atoms with Crippen LogP contribution in [0.3, 0.4) is 0 Å². The Hall–Kier alpha value is -1.44. The highest BCUT2D eigenvalue weighted by atomic mass is 16.5. The summed E-state index contributed by atoms with van der Waals surface area (Å²) in [4.78, 5) is 11.8. The third kappa shape index (κ3) is 2.63. The molecule has 1 fully saturated rings. The van der Waals surface area contributed by atoms with Gasteiger partial charge in [0.05, 0.1) is 12.3 Å². The molecule has 1 amide bonds. The van der Waals surface area contributed by atoms with Crippen LogP contribution in [0.5, 0.6) is 0 Å². The molecule has 0 saturated heterocycles. The first-order valence-corrected chi connectivity index (χ1v) is 6.42. The van der Waals surface area contributed by atoms with Crippen LogP contribution in [0.2, 0.25) is 0 Å². The highest BCUT2D eigenvalue weighted by Crippen LogP contribution is 2.39. The van der Waals surface area contributed by atoms with E-state index in [9.17, 15) is 9.90 Å². The summed E-state index contributed by atoms with van der Waals surface area (Å²) in [5.41, 5.74) is 3.24. The molecule has 106 valence electrons. The van der Waals surface area contributed by atoms with E-state index in [2.05, 4.69) is 10.6 Å². The van der Waals surface area contributed by atoms with Crippen LogP contribution in [0.4, 0.5) is 0 Å². The lowest BCUT2D eigenvalue weighted by Crippen LogP contribution is -2.39. The minimum absolute atomic E-state index is 0.122. The Bertz CT molecular complexity index is 446. The van der Waals surface area contributed by atoms with Crippen molar-refractivity contribution in [2.75, 3.05) is 0 Å². The van der Waals surface area contributed by atoms with Gasteiger partial charge in [-0.2, -0.15) is 0 Å². The summed E-state index contributed by atoms with van der Waals surface area (Å²) in [7, 11) is 0. The number of nitrogens with one attached hydrogen (secondary N) is 1. The summed E-state index contributed by atoms with van der Waals surface area (Å²) in [5, 5.41) is 22.5. The third-order valence-corrected chi connectivity index (χ3v) is 3.80. The van der Waals surface area contributed by atoms with Crippen LogP contribution in [0.15, 0.2) is 4.52 Å². The Balaban J connectivity index is 2.32. The smallest absolute Gasteiger partial charge is 0.237 e. The molecule has 2 atom stereocenters. The van der Waals surface area contributed by atoms with Crippen LogP contribution < -0.4 is 11.3 Å². The van der Waals surface area contributed by atoms with E-state index in [1.807, 2.05) is 0 Å². The van der Waals surface area contributed by atoms with Crippen molar-refractivity contribution >= 4 is 5.91 Å². The fraction of sp³-hybridized carbons (Fsp3) is 0.667. The Kier molecular flexibility index (Phi) is 4.52. The average molecular weight is 269 g/mol. The number of hydrazine groups is 1. The highest BCUT2D eigenvalue weighted by molar-refractivity contribution is 5.79. The van der Waals surface area contributed by atoms with E-state index in [-0.39, 0.29) is 36.7 Å². The molecule has 19 heavy (non-hydrogen) atoms. The van der Waals surface area contributed by atoms with Gasteiger partial charge in [-0.15, -0.1) is 0 Å². The van der Waals surface area contributed by atoms with Gasteiger partial charge < -0.3 is 14.7 Å². The molecule has 1 aliphatic rings. The van der Waals surface area contributed by atoms with Crippen molar-refractivity contribution in [2.45, 2.75) is 44.8 Å². The molecule has 2 rings (SSSR count). The lowest BCUT2D eigenvalue weighted by atomic mass is 9.76. The normalized spacial score (nSPS) is 23.3. The van der Waals surface area contributed by atoms with Crippen molar-refractivity contribution in [3.8, 4) is 0 Å². The molecule has 7 heteroatoms. The van der Waals surface area contributed by atoms with E-state index < -0.39 is 0 Å². The van der Waals surface area contributed by atoms with Crippen molar-refractivity contribution in [1.82, 2.24) is 10.6 Å². The van der Waals surface area contributed by atoms with Crippen LogP contribution in [-0.4, -0.2) is 21.3 Å². The summed E-state index contributed by atoms with van der Waals surface area (Å²) < 4.78 is 5.03. The Labute approximate surface area is 110 Å². The first-order chi connectivity index (χ1) is 9.22. The molecule has 1 aromatic rings. The number of nitrogens with zero attached hydrogens (tertiary/aromatic N) is 1. The predicted molar refractivity (Wildman–Crippen MR) is 65.4 cm³/mol. The Morgan fingerprint density at radius 3 is 2.74 bits per heavy atom. The number of aliphatic hydroxyl groups is 2. The number of nitrogens with two attached hydrogens (primary N) is 1. The van der Waals surface area contributed by atoms with Gasteiger partial charge in [-0.3, -0.25) is 10.2 Å². The number of rotatable bonds is 4. The zero-order valence-electron chi connectivity index (χ0n) is 10.6. The highest BCUT2D eigenvalue weighted by Gasteiger charge is 2.35. The van der Waals surface area contributed by atoms with Gasteiger partial charge in [0.15, 0.2) is 5.76 Å². The van der Waals surface area contributed by atoms with Gasteiger partial charge in [-0.25, -0.2) is 5.84 Å². The number of carbonyl (C=O) groups is 1. The first-order valence-electron chi connectivity index (χ1n) is 6.42. The second kappa shape index (κ2) is 6.14. The van der Waals surface area contributed by atoms with Crippen LogP contribution in [-0.2, 0) is 18.0 Å². The van der Waals surface area contributed by atoms with Crippen LogP contribution in [0, 0.1) is 5.92 Å². The minimum Gasteiger partial charge on any atom is -0.391 e. The standard InChI is InChI=1S/C12H19N3O4/c13-14-12(18)8-4-2-1-3-7(8)11-9(5-16)10(6-17)19-15-11/h7-8,16-17H,1-6,13H2,(H,14,18). The lowest BCUT2D eigenvalue weighted by molar-refractivity contribution is -0.126. The van der Waals surface area contributed by atoms with Gasteiger partial charge in [-0.05, 0) is 12.8 Å². The van der Waals surface area contributed by atoms with Crippen molar-refractivity contribution in [1.29, 1.82) is 0 Å². The van der Waals surface area contributed by atoms with Gasteiger partial charge >= 0.3 is 0 Å². The first kappa shape index (κ1) is 14.0. The van der Waals surface area contributed by atoms with Crippen molar-refractivity contribution < 1.29 is 19.5 Å². The molecule has 1 aliphatic carbocycles. The number of amides is 1. The van der Waals surface area contributed by atoms with Crippen LogP contribution >= 0.6 is 0 Å². The maximum absolute atomic E-state index is 11.8. The number of aliphatic hydroxyl groups excluding tert-OH is 2. The Morgan fingerprint density at radius 1 is 1.37 bits per heavy atom. The topological polar surface area (TPSA) is 122 Å². The molecule has 0 spiro atoms. The van der Waals surface area contributed by atoms with E-state index >= 15 is 0 Å². The second-order valence-corrected chi connectivity index (χ2v) is 4.79. The van der Waals surface area contributed by atoms with E-state index in [0.29, 0.717) is 11.3 Å². The van der Waals surface area contributed by atoms with Crippen molar-refractivity contribution in [2.24, 2.45) is 11.8 Å². The molecule has 1 saturated carbocycles. The molecule has 7 nitrogen and oxygen atoms in total. The monoisotopic (exact) mass is 269 g/mol. The molecular formula is C12H19N3O4. The summed E-state index contributed by atoms with van der Waals surface area (Å²) in [6.45, 7) is -0.578. The SMILES string of the molecule is NNC(=O)C1CCCCC1c1noc(CO)c1CO. The fourth-order valence-corrected chi connectivity index (χ4v) is 2.82. The zero-order chi connectivity index (χ0) is 13.8. The quantitative estimate of drug-likeness (QED) is 0.344. The largest absolute Gasteiger partial charge is 0.391 e. The summed E-state index contributed by atoms with van der Waals surface area (Å²) in [6, 6.07) is 0. The average Bonchev–Trinajstić information content (AvgIpc) is 2.89. The van der Waals surface area contributed by atoms with Gasteiger partial charge in [0.25, 0.3) is 0 Å². The zero-order valence-corrected chi connectivity index (χ0v) is 10.6. The molecule has 0 radical (unpaired) electrons. The molecule has 0 aliphatic heterocycles. The summed E-state index contributed by atoms with van der Waals surface area (Å²) in [6.07, 6.45) is 3.49. The predicted octanol–water partition coefficient (Wildman–Crippen LogP) is -0.0771. The van der Waals surface area contributed by atoms with E-state index in [1.54, 1.807) is 0 Å². The van der Waals surface area contributed by atoms with Gasteiger partial charge in [-0.1, -0.05) is 18.0 Å². The van der Waals surface area contributed by atoms with Crippen LogP contribution in [0.25, 0.3) is 0 Å². The molecule has 0 bridgehead atoms. The van der Waals surface area contributed by atoms with Crippen molar-refractivity contribution in [3.05, 3.63) is 17.0 Å². The van der Waals surface area contributed by atoms with Gasteiger partial charge in [0.2, 0.25) is 5.91 Å². The summed E-state index contributed by atoms with van der Waals surface area (Å²) in [5.74, 6) is 4.87. The Morgan fingerprint density at radius 2 is 2.11 bits per heavy atom. The van der Waals surface area contributed by atoms with Crippen LogP contribution in [0.1, 0.15) is 48.6 Å². The van der Waals surface area contributed by atoms with Crippen molar-refractivity contribution in [3.63, 3.8) is 0 Å². The van der Waals surface area contributed by atoms with Gasteiger partial charge in [0, 0.05) is 17.4 Å². The molecular weight excluding hydrogens is 250 g/mol. The van der Waals surface area contributed by atoms with E-state index in [4.69, 9.17) is 15.5 Å². The van der Waals surface area contributed by atoms with E-state index in [1.165, 1.54) is 0 Å². The third-order valence-electron chi connectivity index (χ3n) is 3.80.